The van der Waals surface area contributed by atoms with Gasteiger partial charge in [0.15, 0.2) is 0 Å². The fourth-order valence-electron chi connectivity index (χ4n) is 2.31. The molecule has 0 amide bonds. The number of nitrogens with one attached hydrogen (secondary N) is 1. The van der Waals surface area contributed by atoms with Gasteiger partial charge in [-0.2, -0.15) is 0 Å². The molecule has 1 heterocycles. The van der Waals surface area contributed by atoms with Gasteiger partial charge >= 0.3 is 0 Å². The first-order chi connectivity index (χ1) is 8.22. The summed E-state index contributed by atoms with van der Waals surface area (Å²) in [6, 6.07) is 2.89. The van der Waals surface area contributed by atoms with Crippen LogP contribution in [-0.4, -0.2) is 19.3 Å². The van der Waals surface area contributed by atoms with Gasteiger partial charge in [-0.15, -0.1) is 11.8 Å². The number of benzene rings is 1. The minimum Gasteiger partial charge on any atom is -0.316 e. The predicted molar refractivity (Wildman–Crippen MR) is 67.4 cm³/mol. The van der Waals surface area contributed by atoms with Crippen LogP contribution in [0.5, 0.6) is 0 Å². The molecule has 0 spiro atoms. The SMILES string of the molecule is CSc1ccc(F)c(CC2CCCNC2)c1F. The highest BCUT2D eigenvalue weighted by Gasteiger charge is 2.19. The highest BCUT2D eigenvalue weighted by atomic mass is 32.2. The van der Waals surface area contributed by atoms with Crippen LogP contribution in [0.25, 0.3) is 0 Å². The first-order valence-corrected chi connectivity index (χ1v) is 7.16. The third kappa shape index (κ3) is 2.99. The maximum Gasteiger partial charge on any atom is 0.142 e. The first kappa shape index (κ1) is 12.8. The summed E-state index contributed by atoms with van der Waals surface area (Å²) < 4.78 is 27.7. The van der Waals surface area contributed by atoms with E-state index in [1.165, 1.54) is 23.9 Å². The van der Waals surface area contributed by atoms with Crippen molar-refractivity contribution in [2.75, 3.05) is 19.3 Å². The first-order valence-electron chi connectivity index (χ1n) is 5.94. The van der Waals surface area contributed by atoms with Gasteiger partial charge < -0.3 is 5.32 Å². The van der Waals surface area contributed by atoms with Crippen LogP contribution in [0, 0.1) is 17.6 Å². The average molecular weight is 257 g/mol. The standard InChI is InChI=1S/C13H17F2NS/c1-17-12-5-4-11(14)10(13(12)15)7-9-3-2-6-16-8-9/h4-5,9,16H,2-3,6-8H2,1H3. The van der Waals surface area contributed by atoms with Gasteiger partial charge in [0.2, 0.25) is 0 Å². The summed E-state index contributed by atoms with van der Waals surface area (Å²) in [6.45, 7) is 1.88. The van der Waals surface area contributed by atoms with Gasteiger partial charge in [0, 0.05) is 10.5 Å². The minimum atomic E-state index is -0.411. The second-order valence-corrected chi connectivity index (χ2v) is 5.31. The lowest BCUT2D eigenvalue weighted by atomic mass is 9.92. The molecule has 1 unspecified atom stereocenters. The lowest BCUT2D eigenvalue weighted by molar-refractivity contribution is 0.365. The Kier molecular flexibility index (Phi) is 4.40. The Bertz CT molecular complexity index is 389. The Morgan fingerprint density at radius 2 is 2.24 bits per heavy atom. The van der Waals surface area contributed by atoms with Crippen molar-refractivity contribution in [3.63, 3.8) is 0 Å². The monoisotopic (exact) mass is 257 g/mol. The molecular formula is C13H17F2NS. The lowest BCUT2D eigenvalue weighted by Gasteiger charge is -2.23. The Labute approximate surface area is 105 Å². The largest absolute Gasteiger partial charge is 0.316 e. The highest BCUT2D eigenvalue weighted by molar-refractivity contribution is 7.98. The summed E-state index contributed by atoms with van der Waals surface area (Å²) in [5, 5.41) is 3.27. The average Bonchev–Trinajstić information content (AvgIpc) is 2.36. The highest BCUT2D eigenvalue weighted by Crippen LogP contribution is 2.27. The van der Waals surface area contributed by atoms with E-state index in [0.717, 1.165) is 25.9 Å². The molecule has 1 nitrogen and oxygen atoms in total. The molecule has 1 saturated heterocycles. The van der Waals surface area contributed by atoms with Gasteiger partial charge in [-0.05, 0) is 56.7 Å². The molecular weight excluding hydrogens is 240 g/mol. The molecule has 1 fully saturated rings. The fraction of sp³-hybridized carbons (Fsp3) is 0.538. The number of hydrogen-bond acceptors (Lipinski definition) is 2. The van der Waals surface area contributed by atoms with Gasteiger partial charge in [0.05, 0.1) is 0 Å². The number of halogens is 2. The summed E-state index contributed by atoms with van der Waals surface area (Å²) in [7, 11) is 0. The van der Waals surface area contributed by atoms with Crippen LogP contribution >= 0.6 is 11.8 Å². The van der Waals surface area contributed by atoms with E-state index < -0.39 is 5.82 Å². The summed E-state index contributed by atoms with van der Waals surface area (Å²) in [4.78, 5) is 0.533. The Morgan fingerprint density at radius 1 is 1.41 bits per heavy atom. The normalized spacial score (nSPS) is 20.5. The van der Waals surface area contributed by atoms with E-state index in [4.69, 9.17) is 0 Å². The van der Waals surface area contributed by atoms with E-state index in [0.29, 0.717) is 17.2 Å². The molecule has 1 aliphatic heterocycles. The quantitative estimate of drug-likeness (QED) is 0.834. The lowest BCUT2D eigenvalue weighted by Crippen LogP contribution is -2.31. The van der Waals surface area contributed by atoms with Crippen LogP contribution in [0.4, 0.5) is 8.78 Å². The number of piperidine rings is 1. The van der Waals surface area contributed by atoms with Crippen molar-refractivity contribution in [1.82, 2.24) is 5.32 Å². The summed E-state index contributed by atoms with van der Waals surface area (Å²) >= 11 is 1.32. The zero-order valence-corrected chi connectivity index (χ0v) is 10.7. The molecule has 4 heteroatoms. The molecule has 0 aromatic heterocycles. The second-order valence-electron chi connectivity index (χ2n) is 4.46. The molecule has 2 rings (SSSR count). The summed E-state index contributed by atoms with van der Waals surface area (Å²) in [5.74, 6) is -0.432. The molecule has 0 bridgehead atoms. The topological polar surface area (TPSA) is 12.0 Å². The van der Waals surface area contributed by atoms with Gasteiger partial charge in [-0.1, -0.05) is 0 Å². The van der Waals surface area contributed by atoms with Crippen molar-refractivity contribution < 1.29 is 8.78 Å². The molecule has 1 atom stereocenters. The number of thioether (sulfide) groups is 1. The molecule has 94 valence electrons. The number of hydrogen-bond donors (Lipinski definition) is 1. The summed E-state index contributed by atoms with van der Waals surface area (Å²) in [5.41, 5.74) is 0.255. The van der Waals surface area contributed by atoms with Gasteiger partial charge in [-0.3, -0.25) is 0 Å². The smallest absolute Gasteiger partial charge is 0.142 e. The minimum absolute atomic E-state index is 0.255. The van der Waals surface area contributed by atoms with Crippen LogP contribution in [0.3, 0.4) is 0 Å². The van der Waals surface area contributed by atoms with Crippen molar-refractivity contribution in [3.05, 3.63) is 29.3 Å². The van der Waals surface area contributed by atoms with E-state index in [9.17, 15) is 8.78 Å². The predicted octanol–water partition coefficient (Wildman–Crippen LogP) is 3.23. The maximum atomic E-state index is 14.0. The van der Waals surface area contributed by atoms with E-state index in [2.05, 4.69) is 5.32 Å². The van der Waals surface area contributed by atoms with Gasteiger partial charge in [0.1, 0.15) is 11.6 Å². The van der Waals surface area contributed by atoms with Crippen LogP contribution in [0.15, 0.2) is 17.0 Å². The molecule has 0 saturated carbocycles. The van der Waals surface area contributed by atoms with Crippen LogP contribution < -0.4 is 5.32 Å². The van der Waals surface area contributed by atoms with Gasteiger partial charge in [0.25, 0.3) is 0 Å². The van der Waals surface area contributed by atoms with E-state index in [1.54, 1.807) is 0 Å². The molecule has 0 radical (unpaired) electrons. The van der Waals surface area contributed by atoms with E-state index in [-0.39, 0.29) is 11.4 Å². The summed E-state index contributed by atoms with van der Waals surface area (Å²) in [6.07, 6.45) is 4.45. The molecule has 1 N–H and O–H groups in total. The third-order valence-corrected chi connectivity index (χ3v) is 4.02. The van der Waals surface area contributed by atoms with Crippen molar-refractivity contribution in [3.8, 4) is 0 Å². The van der Waals surface area contributed by atoms with E-state index in [1.807, 2.05) is 6.26 Å². The Balaban J connectivity index is 2.18. The molecule has 1 aromatic rings. The van der Waals surface area contributed by atoms with Crippen molar-refractivity contribution >= 4 is 11.8 Å². The van der Waals surface area contributed by atoms with Crippen LogP contribution in [0.1, 0.15) is 18.4 Å². The fourth-order valence-corrected chi connectivity index (χ4v) is 2.81. The van der Waals surface area contributed by atoms with Crippen LogP contribution in [-0.2, 0) is 6.42 Å². The zero-order valence-electron chi connectivity index (χ0n) is 9.93. The van der Waals surface area contributed by atoms with Crippen molar-refractivity contribution in [1.29, 1.82) is 0 Å². The molecule has 1 aromatic carbocycles. The molecule has 17 heavy (non-hydrogen) atoms. The Morgan fingerprint density at radius 3 is 2.88 bits per heavy atom. The van der Waals surface area contributed by atoms with Crippen molar-refractivity contribution in [2.24, 2.45) is 5.92 Å². The maximum absolute atomic E-state index is 14.0. The van der Waals surface area contributed by atoms with Crippen molar-refractivity contribution in [2.45, 2.75) is 24.2 Å². The van der Waals surface area contributed by atoms with E-state index >= 15 is 0 Å². The zero-order chi connectivity index (χ0) is 12.3. The van der Waals surface area contributed by atoms with Crippen LogP contribution in [0.2, 0.25) is 0 Å². The molecule has 1 aliphatic rings. The number of rotatable bonds is 3. The Hall–Kier alpha value is -0.610. The third-order valence-electron chi connectivity index (χ3n) is 3.26. The second kappa shape index (κ2) is 5.83. The molecule has 0 aliphatic carbocycles. The van der Waals surface area contributed by atoms with Gasteiger partial charge in [-0.25, -0.2) is 8.78 Å².